The van der Waals surface area contributed by atoms with Crippen LogP contribution in [0.1, 0.15) is 0 Å². The van der Waals surface area contributed by atoms with Crippen LogP contribution in [0.4, 0.5) is 14.5 Å². The summed E-state index contributed by atoms with van der Waals surface area (Å²) < 4.78 is 36.0. The van der Waals surface area contributed by atoms with E-state index in [4.69, 9.17) is 15.0 Å². The minimum atomic E-state index is -1.09. The summed E-state index contributed by atoms with van der Waals surface area (Å²) in [6.07, 6.45) is 1.27. The number of nitrogen functional groups attached to an aromatic ring is 1. The van der Waals surface area contributed by atoms with Crippen LogP contribution in [-0.2, 0) is 0 Å². The SMILES string of the molecule is COc1c(-c2oncc2N)ccc(F)c1F. The van der Waals surface area contributed by atoms with Crippen LogP contribution in [0.5, 0.6) is 5.75 Å². The number of halogens is 2. The van der Waals surface area contributed by atoms with Gasteiger partial charge >= 0.3 is 0 Å². The summed E-state index contributed by atoms with van der Waals surface area (Å²) in [6, 6.07) is 2.28. The Morgan fingerprint density at radius 2 is 2.12 bits per heavy atom. The van der Waals surface area contributed by atoms with Crippen LogP contribution in [0.2, 0.25) is 0 Å². The zero-order valence-electron chi connectivity index (χ0n) is 8.33. The number of methoxy groups -OCH3 is 1. The molecule has 1 heterocycles. The van der Waals surface area contributed by atoms with Gasteiger partial charge in [0.25, 0.3) is 0 Å². The molecule has 0 unspecified atom stereocenters. The van der Waals surface area contributed by atoms with Gasteiger partial charge in [-0.05, 0) is 12.1 Å². The Bertz CT molecular complexity index is 526. The molecule has 84 valence electrons. The molecule has 0 aliphatic rings. The van der Waals surface area contributed by atoms with Crippen LogP contribution in [0.15, 0.2) is 22.9 Å². The van der Waals surface area contributed by atoms with Crippen molar-refractivity contribution in [3.63, 3.8) is 0 Å². The second kappa shape index (κ2) is 3.80. The van der Waals surface area contributed by atoms with Gasteiger partial charge in [0.15, 0.2) is 17.3 Å². The fourth-order valence-electron chi connectivity index (χ4n) is 1.36. The Kier molecular flexibility index (Phi) is 2.47. The molecule has 6 heteroatoms. The van der Waals surface area contributed by atoms with Crippen LogP contribution in [0.3, 0.4) is 0 Å². The number of aromatic nitrogens is 1. The zero-order chi connectivity index (χ0) is 11.7. The van der Waals surface area contributed by atoms with Crippen LogP contribution in [0.25, 0.3) is 11.3 Å². The second-order valence-corrected chi connectivity index (χ2v) is 3.05. The van der Waals surface area contributed by atoms with E-state index in [1.165, 1.54) is 19.4 Å². The lowest BCUT2D eigenvalue weighted by Gasteiger charge is -2.07. The monoisotopic (exact) mass is 226 g/mol. The van der Waals surface area contributed by atoms with Gasteiger partial charge in [0.1, 0.15) is 5.69 Å². The van der Waals surface area contributed by atoms with Crippen molar-refractivity contribution in [2.24, 2.45) is 0 Å². The predicted molar refractivity (Wildman–Crippen MR) is 52.8 cm³/mol. The minimum absolute atomic E-state index is 0.149. The summed E-state index contributed by atoms with van der Waals surface area (Å²) in [5, 5.41) is 3.45. The molecule has 0 amide bonds. The molecule has 16 heavy (non-hydrogen) atoms. The first kappa shape index (κ1) is 10.4. The molecule has 0 spiro atoms. The lowest BCUT2D eigenvalue weighted by Crippen LogP contribution is -1.96. The molecule has 0 aliphatic carbocycles. The standard InChI is InChI=1S/C10H8F2N2O2/c1-15-10-5(2-3-6(11)8(10)12)9-7(13)4-14-16-9/h2-4H,13H2,1H3. The Morgan fingerprint density at radius 3 is 2.69 bits per heavy atom. The maximum absolute atomic E-state index is 13.4. The van der Waals surface area contributed by atoms with Gasteiger partial charge in [-0.25, -0.2) is 4.39 Å². The van der Waals surface area contributed by atoms with Crippen LogP contribution in [0, 0.1) is 11.6 Å². The Balaban J connectivity index is 2.66. The summed E-state index contributed by atoms with van der Waals surface area (Å²) in [6.45, 7) is 0. The van der Waals surface area contributed by atoms with Crippen molar-refractivity contribution in [3.8, 4) is 17.1 Å². The first-order chi connectivity index (χ1) is 7.65. The van der Waals surface area contributed by atoms with E-state index in [2.05, 4.69) is 5.16 Å². The molecule has 1 aromatic carbocycles. The predicted octanol–water partition coefficient (Wildman–Crippen LogP) is 2.21. The lowest BCUT2D eigenvalue weighted by molar-refractivity contribution is 0.369. The maximum atomic E-state index is 13.4. The molecular weight excluding hydrogens is 218 g/mol. The van der Waals surface area contributed by atoms with Gasteiger partial charge in [0.05, 0.1) is 18.9 Å². The van der Waals surface area contributed by atoms with Gasteiger partial charge in [-0.2, -0.15) is 4.39 Å². The van der Waals surface area contributed by atoms with E-state index in [-0.39, 0.29) is 22.8 Å². The van der Waals surface area contributed by atoms with Crippen LogP contribution >= 0.6 is 0 Å². The van der Waals surface area contributed by atoms with Crippen molar-refractivity contribution in [1.82, 2.24) is 5.16 Å². The van der Waals surface area contributed by atoms with Crippen molar-refractivity contribution in [3.05, 3.63) is 30.0 Å². The molecule has 4 nitrogen and oxygen atoms in total. The van der Waals surface area contributed by atoms with Gasteiger partial charge in [0, 0.05) is 0 Å². The molecule has 0 radical (unpaired) electrons. The summed E-state index contributed by atoms with van der Waals surface area (Å²) in [4.78, 5) is 0. The third-order valence-corrected chi connectivity index (χ3v) is 2.10. The molecule has 0 aliphatic heterocycles. The third-order valence-electron chi connectivity index (χ3n) is 2.10. The van der Waals surface area contributed by atoms with E-state index in [1.54, 1.807) is 0 Å². The molecule has 2 aromatic rings. The van der Waals surface area contributed by atoms with Gasteiger partial charge in [0.2, 0.25) is 5.82 Å². The molecule has 0 bridgehead atoms. The molecular formula is C10H8F2N2O2. The summed E-state index contributed by atoms with van der Waals surface area (Å²) in [5.74, 6) is -2.20. The van der Waals surface area contributed by atoms with Crippen LogP contribution < -0.4 is 10.5 Å². The number of hydrogen-bond donors (Lipinski definition) is 1. The van der Waals surface area contributed by atoms with E-state index < -0.39 is 11.6 Å². The number of benzene rings is 1. The quantitative estimate of drug-likeness (QED) is 0.852. The van der Waals surface area contributed by atoms with Gasteiger partial charge in [-0.1, -0.05) is 5.16 Å². The lowest BCUT2D eigenvalue weighted by atomic mass is 10.1. The largest absolute Gasteiger partial charge is 0.493 e. The Hall–Kier alpha value is -2.11. The minimum Gasteiger partial charge on any atom is -0.493 e. The van der Waals surface area contributed by atoms with Gasteiger partial charge in [-0.15, -0.1) is 0 Å². The Labute approximate surface area is 89.6 Å². The van der Waals surface area contributed by atoms with Crippen molar-refractivity contribution in [2.45, 2.75) is 0 Å². The van der Waals surface area contributed by atoms with Crippen LogP contribution in [-0.4, -0.2) is 12.3 Å². The first-order valence-electron chi connectivity index (χ1n) is 4.37. The summed E-state index contributed by atoms with van der Waals surface area (Å²) in [5.41, 5.74) is 6.00. The number of rotatable bonds is 2. The highest BCUT2D eigenvalue weighted by Gasteiger charge is 2.19. The average molecular weight is 226 g/mol. The number of anilines is 1. The van der Waals surface area contributed by atoms with E-state index >= 15 is 0 Å². The summed E-state index contributed by atoms with van der Waals surface area (Å²) in [7, 11) is 1.23. The number of nitrogens with two attached hydrogens (primary N) is 1. The number of nitrogens with zero attached hydrogens (tertiary/aromatic N) is 1. The highest BCUT2D eigenvalue weighted by Crippen LogP contribution is 2.36. The zero-order valence-corrected chi connectivity index (χ0v) is 8.33. The van der Waals surface area contributed by atoms with E-state index in [0.717, 1.165) is 6.07 Å². The fourth-order valence-corrected chi connectivity index (χ4v) is 1.36. The van der Waals surface area contributed by atoms with Crippen molar-refractivity contribution in [2.75, 3.05) is 12.8 Å². The third kappa shape index (κ3) is 1.48. The average Bonchev–Trinajstić information content (AvgIpc) is 2.68. The van der Waals surface area contributed by atoms with E-state index in [0.29, 0.717) is 0 Å². The molecule has 1 aromatic heterocycles. The van der Waals surface area contributed by atoms with Gasteiger partial charge < -0.3 is 15.0 Å². The highest BCUT2D eigenvalue weighted by atomic mass is 19.2. The second-order valence-electron chi connectivity index (χ2n) is 3.05. The highest BCUT2D eigenvalue weighted by molar-refractivity contribution is 5.75. The van der Waals surface area contributed by atoms with E-state index in [9.17, 15) is 8.78 Å². The van der Waals surface area contributed by atoms with Crippen molar-refractivity contribution < 1.29 is 18.0 Å². The number of ether oxygens (including phenoxy) is 1. The fraction of sp³-hybridized carbons (Fsp3) is 0.100. The van der Waals surface area contributed by atoms with Crippen molar-refractivity contribution in [1.29, 1.82) is 0 Å². The number of hydrogen-bond acceptors (Lipinski definition) is 4. The molecule has 0 saturated carbocycles. The topological polar surface area (TPSA) is 61.3 Å². The molecule has 2 rings (SSSR count). The first-order valence-corrected chi connectivity index (χ1v) is 4.37. The molecule has 0 fully saturated rings. The molecule has 0 atom stereocenters. The maximum Gasteiger partial charge on any atom is 0.201 e. The van der Waals surface area contributed by atoms with Crippen molar-refractivity contribution >= 4 is 5.69 Å². The van der Waals surface area contributed by atoms with Gasteiger partial charge in [-0.3, -0.25) is 0 Å². The Morgan fingerprint density at radius 1 is 1.38 bits per heavy atom. The molecule has 2 N–H and O–H groups in total. The summed E-state index contributed by atoms with van der Waals surface area (Å²) >= 11 is 0. The smallest absolute Gasteiger partial charge is 0.201 e. The normalized spacial score (nSPS) is 10.4. The molecule has 0 saturated heterocycles. The van der Waals surface area contributed by atoms with E-state index in [1.807, 2.05) is 0 Å².